The molecule has 1 aromatic heterocycles. The lowest BCUT2D eigenvalue weighted by atomic mass is 10.1. The maximum Gasteiger partial charge on any atom is 0.0790 e. The van der Waals surface area contributed by atoms with Crippen LogP contribution in [0.15, 0.2) is 34.9 Å². The van der Waals surface area contributed by atoms with Crippen LogP contribution in [0, 0.1) is 6.92 Å². The number of benzene rings is 1. The summed E-state index contributed by atoms with van der Waals surface area (Å²) in [6, 6.07) is 8.01. The minimum Gasteiger partial charge on any atom is -0.324 e. The van der Waals surface area contributed by atoms with Crippen molar-refractivity contribution < 1.29 is 0 Å². The molecule has 1 aromatic carbocycles. The van der Waals surface area contributed by atoms with Crippen LogP contribution in [0.4, 0.5) is 0 Å². The Morgan fingerprint density at radius 2 is 2.06 bits per heavy atom. The molecular formula is C12H14BrN3. The van der Waals surface area contributed by atoms with Crippen LogP contribution in [-0.2, 0) is 0 Å². The third-order valence-corrected chi connectivity index (χ3v) is 3.29. The van der Waals surface area contributed by atoms with Gasteiger partial charge in [-0.25, -0.2) is 4.68 Å². The van der Waals surface area contributed by atoms with Crippen LogP contribution in [0.3, 0.4) is 0 Å². The second kappa shape index (κ2) is 4.39. The number of aromatic nitrogens is 2. The number of halogens is 1. The van der Waals surface area contributed by atoms with Crippen LogP contribution in [0.25, 0.3) is 5.69 Å². The van der Waals surface area contributed by atoms with Crippen LogP contribution >= 0.6 is 15.9 Å². The van der Waals surface area contributed by atoms with E-state index in [9.17, 15) is 0 Å². The van der Waals surface area contributed by atoms with E-state index in [0.717, 1.165) is 21.4 Å². The molecule has 0 aliphatic rings. The van der Waals surface area contributed by atoms with Crippen molar-refractivity contribution in [2.75, 3.05) is 0 Å². The summed E-state index contributed by atoms with van der Waals surface area (Å²) in [5, 5.41) is 4.37. The van der Waals surface area contributed by atoms with Crippen molar-refractivity contribution in [3.63, 3.8) is 0 Å². The summed E-state index contributed by atoms with van der Waals surface area (Å²) in [4.78, 5) is 0. The summed E-state index contributed by atoms with van der Waals surface area (Å²) in [7, 11) is 0. The molecule has 1 atom stereocenters. The summed E-state index contributed by atoms with van der Waals surface area (Å²) < 4.78 is 2.93. The fourth-order valence-electron chi connectivity index (χ4n) is 1.74. The van der Waals surface area contributed by atoms with E-state index >= 15 is 0 Å². The Morgan fingerprint density at radius 1 is 1.38 bits per heavy atom. The molecule has 2 aromatic rings. The molecule has 1 unspecified atom stereocenters. The number of hydrogen-bond acceptors (Lipinski definition) is 2. The number of nitrogens with two attached hydrogens (primary N) is 1. The zero-order chi connectivity index (χ0) is 11.7. The number of hydrogen-bond donors (Lipinski definition) is 1. The van der Waals surface area contributed by atoms with Gasteiger partial charge < -0.3 is 5.73 Å². The lowest BCUT2D eigenvalue weighted by Crippen LogP contribution is -2.07. The molecule has 2 N–H and O–H groups in total. The molecule has 4 heteroatoms. The van der Waals surface area contributed by atoms with Crippen molar-refractivity contribution >= 4 is 15.9 Å². The molecular weight excluding hydrogens is 266 g/mol. The van der Waals surface area contributed by atoms with Gasteiger partial charge in [-0.2, -0.15) is 5.10 Å². The minimum absolute atomic E-state index is 0.0104. The molecule has 0 aliphatic carbocycles. The molecule has 0 saturated carbocycles. The van der Waals surface area contributed by atoms with Gasteiger partial charge in [0.1, 0.15) is 0 Å². The Morgan fingerprint density at radius 3 is 2.62 bits per heavy atom. The fourth-order valence-corrected chi connectivity index (χ4v) is 2.19. The average molecular weight is 280 g/mol. The highest BCUT2D eigenvalue weighted by Crippen LogP contribution is 2.24. The molecule has 1 heterocycles. The normalized spacial score (nSPS) is 12.8. The van der Waals surface area contributed by atoms with E-state index in [0.29, 0.717) is 0 Å². The molecule has 2 rings (SSSR count). The standard InChI is InChI=1S/C12H14BrN3/c1-8(14)10-7-15-16(9(10)2)12-6-4-3-5-11(12)13/h3-8H,14H2,1-2H3. The predicted octanol–water partition coefficient (Wildman–Crippen LogP) is 2.96. The van der Waals surface area contributed by atoms with Crippen molar-refractivity contribution in [3.8, 4) is 5.69 Å². The first-order valence-electron chi connectivity index (χ1n) is 5.16. The van der Waals surface area contributed by atoms with Gasteiger partial charge in [0.2, 0.25) is 0 Å². The smallest absolute Gasteiger partial charge is 0.0790 e. The molecule has 84 valence electrons. The van der Waals surface area contributed by atoms with Crippen molar-refractivity contribution in [1.29, 1.82) is 0 Å². The van der Waals surface area contributed by atoms with E-state index in [2.05, 4.69) is 21.0 Å². The van der Waals surface area contributed by atoms with E-state index in [1.165, 1.54) is 0 Å². The molecule has 0 amide bonds. The van der Waals surface area contributed by atoms with Gasteiger partial charge in [-0.15, -0.1) is 0 Å². The Labute approximate surface area is 103 Å². The first kappa shape index (κ1) is 11.4. The predicted molar refractivity (Wildman–Crippen MR) is 68.6 cm³/mol. The third-order valence-electron chi connectivity index (χ3n) is 2.62. The molecule has 0 bridgehead atoms. The van der Waals surface area contributed by atoms with Gasteiger partial charge in [-0.3, -0.25) is 0 Å². The topological polar surface area (TPSA) is 43.8 Å². The highest BCUT2D eigenvalue weighted by molar-refractivity contribution is 9.10. The largest absolute Gasteiger partial charge is 0.324 e. The number of para-hydroxylation sites is 1. The summed E-state index contributed by atoms with van der Waals surface area (Å²) in [5.74, 6) is 0. The zero-order valence-electron chi connectivity index (χ0n) is 9.31. The van der Waals surface area contributed by atoms with Gasteiger partial charge in [0.05, 0.1) is 11.9 Å². The number of nitrogens with zero attached hydrogens (tertiary/aromatic N) is 2. The Hall–Kier alpha value is -1.13. The molecule has 0 fully saturated rings. The van der Waals surface area contributed by atoms with Crippen LogP contribution in [0.1, 0.15) is 24.2 Å². The van der Waals surface area contributed by atoms with E-state index in [1.807, 2.05) is 49.0 Å². The van der Waals surface area contributed by atoms with E-state index < -0.39 is 0 Å². The van der Waals surface area contributed by atoms with E-state index in [4.69, 9.17) is 5.73 Å². The van der Waals surface area contributed by atoms with Crippen molar-refractivity contribution in [2.24, 2.45) is 5.73 Å². The summed E-state index contributed by atoms with van der Waals surface area (Å²) >= 11 is 3.52. The fraction of sp³-hybridized carbons (Fsp3) is 0.250. The van der Waals surface area contributed by atoms with Gasteiger partial charge in [0.15, 0.2) is 0 Å². The second-order valence-electron chi connectivity index (χ2n) is 3.84. The Kier molecular flexibility index (Phi) is 3.12. The van der Waals surface area contributed by atoms with E-state index in [1.54, 1.807) is 0 Å². The van der Waals surface area contributed by atoms with E-state index in [-0.39, 0.29) is 6.04 Å². The van der Waals surface area contributed by atoms with Crippen LogP contribution in [-0.4, -0.2) is 9.78 Å². The highest BCUT2D eigenvalue weighted by atomic mass is 79.9. The van der Waals surface area contributed by atoms with Gasteiger partial charge >= 0.3 is 0 Å². The number of rotatable bonds is 2. The van der Waals surface area contributed by atoms with Crippen LogP contribution in [0.2, 0.25) is 0 Å². The molecule has 0 radical (unpaired) electrons. The zero-order valence-corrected chi connectivity index (χ0v) is 10.9. The van der Waals surface area contributed by atoms with Crippen molar-refractivity contribution in [2.45, 2.75) is 19.9 Å². The lowest BCUT2D eigenvalue weighted by molar-refractivity contribution is 0.796. The molecule has 3 nitrogen and oxygen atoms in total. The van der Waals surface area contributed by atoms with Crippen LogP contribution < -0.4 is 5.73 Å². The SMILES string of the molecule is Cc1c(C(C)N)cnn1-c1ccccc1Br. The van der Waals surface area contributed by atoms with Gasteiger partial charge in [-0.1, -0.05) is 12.1 Å². The second-order valence-corrected chi connectivity index (χ2v) is 4.69. The van der Waals surface area contributed by atoms with Gasteiger partial charge in [0, 0.05) is 21.8 Å². The molecule has 16 heavy (non-hydrogen) atoms. The maximum absolute atomic E-state index is 5.88. The Balaban J connectivity index is 2.54. The first-order valence-corrected chi connectivity index (χ1v) is 5.95. The molecule has 0 aliphatic heterocycles. The monoisotopic (exact) mass is 279 g/mol. The van der Waals surface area contributed by atoms with Crippen molar-refractivity contribution in [3.05, 3.63) is 46.2 Å². The quantitative estimate of drug-likeness (QED) is 0.919. The minimum atomic E-state index is 0.0104. The highest BCUT2D eigenvalue weighted by Gasteiger charge is 2.12. The maximum atomic E-state index is 5.88. The van der Waals surface area contributed by atoms with Gasteiger partial charge in [-0.05, 0) is 41.9 Å². The molecule has 0 spiro atoms. The molecule has 0 saturated heterocycles. The van der Waals surface area contributed by atoms with Gasteiger partial charge in [0.25, 0.3) is 0 Å². The lowest BCUT2D eigenvalue weighted by Gasteiger charge is -2.08. The summed E-state index contributed by atoms with van der Waals surface area (Å²) in [6.45, 7) is 4.00. The average Bonchev–Trinajstić information content (AvgIpc) is 2.61. The summed E-state index contributed by atoms with van der Waals surface area (Å²) in [5.41, 5.74) is 9.08. The van der Waals surface area contributed by atoms with Crippen molar-refractivity contribution in [1.82, 2.24) is 9.78 Å². The third kappa shape index (κ3) is 1.90. The Bertz CT molecular complexity index is 503. The summed E-state index contributed by atoms with van der Waals surface area (Å²) in [6.07, 6.45) is 1.83. The first-order chi connectivity index (χ1) is 7.61. The van der Waals surface area contributed by atoms with Crippen LogP contribution in [0.5, 0.6) is 0 Å².